The van der Waals surface area contributed by atoms with Crippen LogP contribution in [0.1, 0.15) is 30.1 Å². The van der Waals surface area contributed by atoms with Crippen LogP contribution < -0.4 is 10.6 Å². The van der Waals surface area contributed by atoms with Gasteiger partial charge in [-0.25, -0.2) is 8.78 Å². The molecule has 118 valence electrons. The predicted octanol–water partition coefficient (Wildman–Crippen LogP) is 3.16. The first-order valence-corrected chi connectivity index (χ1v) is 6.93. The molecule has 1 aromatic rings. The van der Waals surface area contributed by atoms with Crippen molar-refractivity contribution in [1.29, 1.82) is 0 Å². The summed E-state index contributed by atoms with van der Waals surface area (Å²) in [5.74, 6) is -2.24. The standard InChI is InChI=1S/C14H17ClF2N2O.ClH/c1-14(3-2-4-18-7-14)8-19-13(20)9-5-12(17)10(15)6-11(9)16;/h5-6,18H,2-4,7-8H2,1H3,(H,19,20);1H. The molecule has 0 aromatic heterocycles. The molecule has 0 saturated carbocycles. The summed E-state index contributed by atoms with van der Waals surface area (Å²) in [5, 5.41) is 5.60. The van der Waals surface area contributed by atoms with Gasteiger partial charge in [-0.3, -0.25) is 4.79 Å². The molecule has 1 aliphatic heterocycles. The van der Waals surface area contributed by atoms with Crippen molar-refractivity contribution in [3.63, 3.8) is 0 Å². The van der Waals surface area contributed by atoms with Crippen molar-refractivity contribution < 1.29 is 13.6 Å². The van der Waals surface area contributed by atoms with Crippen molar-refractivity contribution in [1.82, 2.24) is 10.6 Å². The maximum atomic E-state index is 13.6. The van der Waals surface area contributed by atoms with Crippen LogP contribution in [0.2, 0.25) is 5.02 Å². The average molecular weight is 339 g/mol. The summed E-state index contributed by atoms with van der Waals surface area (Å²) in [4.78, 5) is 11.9. The molecule has 0 aliphatic carbocycles. The Hall–Kier alpha value is -0.910. The molecular formula is C14H18Cl2F2N2O. The molecule has 1 amide bonds. The van der Waals surface area contributed by atoms with Crippen molar-refractivity contribution in [3.8, 4) is 0 Å². The van der Waals surface area contributed by atoms with Gasteiger partial charge in [0.05, 0.1) is 10.6 Å². The van der Waals surface area contributed by atoms with Gasteiger partial charge in [0.15, 0.2) is 0 Å². The first-order chi connectivity index (χ1) is 9.41. The van der Waals surface area contributed by atoms with Crippen LogP contribution >= 0.6 is 24.0 Å². The molecule has 2 N–H and O–H groups in total. The van der Waals surface area contributed by atoms with E-state index in [0.29, 0.717) is 6.54 Å². The predicted molar refractivity (Wildman–Crippen MR) is 81.2 cm³/mol. The minimum atomic E-state index is -0.819. The lowest BCUT2D eigenvalue weighted by Crippen LogP contribution is -2.45. The first-order valence-electron chi connectivity index (χ1n) is 6.55. The van der Waals surface area contributed by atoms with Gasteiger partial charge in [0.25, 0.3) is 5.91 Å². The number of hydrogen-bond acceptors (Lipinski definition) is 2. The minimum absolute atomic E-state index is 0. The van der Waals surface area contributed by atoms with Crippen LogP contribution in [0.25, 0.3) is 0 Å². The second-order valence-electron chi connectivity index (χ2n) is 5.52. The molecule has 0 bridgehead atoms. The lowest BCUT2D eigenvalue weighted by atomic mass is 9.83. The summed E-state index contributed by atoms with van der Waals surface area (Å²) in [6.07, 6.45) is 2.02. The van der Waals surface area contributed by atoms with Crippen molar-refractivity contribution in [2.75, 3.05) is 19.6 Å². The zero-order valence-corrected chi connectivity index (χ0v) is 13.2. The smallest absolute Gasteiger partial charge is 0.254 e. The molecule has 0 radical (unpaired) electrons. The highest BCUT2D eigenvalue weighted by molar-refractivity contribution is 6.30. The third kappa shape index (κ3) is 4.53. The van der Waals surface area contributed by atoms with Crippen molar-refractivity contribution >= 4 is 29.9 Å². The Balaban J connectivity index is 0.00000220. The number of amides is 1. The highest BCUT2D eigenvalue weighted by atomic mass is 35.5. The lowest BCUT2D eigenvalue weighted by molar-refractivity contribution is 0.0920. The van der Waals surface area contributed by atoms with Gasteiger partial charge < -0.3 is 10.6 Å². The van der Waals surface area contributed by atoms with E-state index in [0.717, 1.165) is 38.1 Å². The molecule has 1 aromatic carbocycles. The number of carbonyl (C=O) groups is 1. The highest BCUT2D eigenvalue weighted by Crippen LogP contribution is 2.25. The van der Waals surface area contributed by atoms with Crippen LogP contribution in [-0.2, 0) is 0 Å². The number of benzene rings is 1. The van der Waals surface area contributed by atoms with Gasteiger partial charge in [0, 0.05) is 13.1 Å². The van der Waals surface area contributed by atoms with E-state index in [-0.39, 0.29) is 28.4 Å². The molecule has 1 atom stereocenters. The van der Waals surface area contributed by atoms with E-state index >= 15 is 0 Å². The fourth-order valence-electron chi connectivity index (χ4n) is 2.36. The summed E-state index contributed by atoms with van der Waals surface area (Å²) in [6.45, 7) is 4.24. The van der Waals surface area contributed by atoms with E-state index in [9.17, 15) is 13.6 Å². The second-order valence-corrected chi connectivity index (χ2v) is 5.93. The van der Waals surface area contributed by atoms with Crippen LogP contribution in [0, 0.1) is 17.0 Å². The fourth-order valence-corrected chi connectivity index (χ4v) is 2.51. The van der Waals surface area contributed by atoms with Gasteiger partial charge in [-0.05, 0) is 36.9 Å². The SMILES string of the molecule is CC1(CNC(=O)c2cc(F)c(Cl)cc2F)CCCNC1.Cl. The van der Waals surface area contributed by atoms with Gasteiger partial charge in [-0.15, -0.1) is 12.4 Å². The Morgan fingerprint density at radius 1 is 1.43 bits per heavy atom. The van der Waals surface area contributed by atoms with Crippen molar-refractivity contribution in [2.45, 2.75) is 19.8 Å². The molecule has 7 heteroatoms. The Kier molecular flexibility index (Phi) is 6.38. The maximum absolute atomic E-state index is 13.6. The zero-order valence-electron chi connectivity index (χ0n) is 11.6. The van der Waals surface area contributed by atoms with E-state index in [1.807, 2.05) is 0 Å². The molecule has 1 unspecified atom stereocenters. The minimum Gasteiger partial charge on any atom is -0.351 e. The summed E-state index contributed by atoms with van der Waals surface area (Å²) in [7, 11) is 0. The Labute approximate surface area is 133 Å². The van der Waals surface area contributed by atoms with Crippen LogP contribution in [0.3, 0.4) is 0 Å². The van der Waals surface area contributed by atoms with E-state index in [1.165, 1.54) is 0 Å². The van der Waals surface area contributed by atoms with Gasteiger partial charge in [-0.2, -0.15) is 0 Å². The van der Waals surface area contributed by atoms with Crippen LogP contribution in [-0.4, -0.2) is 25.5 Å². The largest absolute Gasteiger partial charge is 0.351 e. The molecule has 2 rings (SSSR count). The summed E-state index contributed by atoms with van der Waals surface area (Å²) < 4.78 is 26.9. The molecule has 1 saturated heterocycles. The molecule has 21 heavy (non-hydrogen) atoms. The summed E-state index contributed by atoms with van der Waals surface area (Å²) in [6, 6.07) is 1.64. The number of nitrogens with one attached hydrogen (secondary N) is 2. The van der Waals surface area contributed by atoms with E-state index in [2.05, 4.69) is 17.6 Å². The Bertz CT molecular complexity index is 520. The number of halogens is 4. The van der Waals surface area contributed by atoms with Gasteiger partial charge in [0.2, 0.25) is 0 Å². The van der Waals surface area contributed by atoms with Gasteiger partial charge in [0.1, 0.15) is 11.6 Å². The molecule has 1 fully saturated rings. The third-order valence-corrected chi connectivity index (χ3v) is 3.91. The quantitative estimate of drug-likeness (QED) is 0.831. The van der Waals surface area contributed by atoms with Crippen LogP contribution in [0.5, 0.6) is 0 Å². The maximum Gasteiger partial charge on any atom is 0.254 e. The van der Waals surface area contributed by atoms with Crippen LogP contribution in [0.4, 0.5) is 8.78 Å². The molecule has 3 nitrogen and oxygen atoms in total. The second kappa shape index (κ2) is 7.38. The molecule has 1 heterocycles. The molecule has 0 spiro atoms. The molecule has 1 aliphatic rings. The fraction of sp³-hybridized carbons (Fsp3) is 0.500. The van der Waals surface area contributed by atoms with Crippen molar-refractivity contribution in [2.24, 2.45) is 5.41 Å². The molecular weight excluding hydrogens is 321 g/mol. The third-order valence-electron chi connectivity index (χ3n) is 3.62. The zero-order chi connectivity index (χ0) is 14.8. The average Bonchev–Trinajstić information content (AvgIpc) is 2.41. The van der Waals surface area contributed by atoms with Crippen LogP contribution in [0.15, 0.2) is 12.1 Å². The van der Waals surface area contributed by atoms with E-state index in [1.54, 1.807) is 0 Å². The van der Waals surface area contributed by atoms with E-state index in [4.69, 9.17) is 11.6 Å². The first kappa shape index (κ1) is 18.1. The number of hydrogen-bond donors (Lipinski definition) is 2. The summed E-state index contributed by atoms with van der Waals surface area (Å²) in [5.41, 5.74) is -0.380. The number of piperidine rings is 1. The van der Waals surface area contributed by atoms with Gasteiger partial charge >= 0.3 is 0 Å². The van der Waals surface area contributed by atoms with Crippen molar-refractivity contribution in [3.05, 3.63) is 34.4 Å². The Morgan fingerprint density at radius 2 is 2.14 bits per heavy atom. The highest BCUT2D eigenvalue weighted by Gasteiger charge is 2.27. The Morgan fingerprint density at radius 3 is 2.76 bits per heavy atom. The van der Waals surface area contributed by atoms with E-state index < -0.39 is 17.5 Å². The number of rotatable bonds is 3. The monoisotopic (exact) mass is 338 g/mol. The normalized spacial score (nSPS) is 21.5. The lowest BCUT2D eigenvalue weighted by Gasteiger charge is -2.34. The van der Waals surface area contributed by atoms with Gasteiger partial charge in [-0.1, -0.05) is 18.5 Å². The number of carbonyl (C=O) groups excluding carboxylic acids is 1. The summed E-state index contributed by atoms with van der Waals surface area (Å²) >= 11 is 5.46. The topological polar surface area (TPSA) is 41.1 Å².